The van der Waals surface area contributed by atoms with Crippen LogP contribution in [0.5, 0.6) is 0 Å². The summed E-state index contributed by atoms with van der Waals surface area (Å²) in [4.78, 5) is 16.9. The van der Waals surface area contributed by atoms with E-state index >= 15 is 0 Å². The van der Waals surface area contributed by atoms with Gasteiger partial charge in [0.05, 0.1) is 5.75 Å². The summed E-state index contributed by atoms with van der Waals surface area (Å²) >= 11 is 4.84. The quantitative estimate of drug-likeness (QED) is 0.511. The van der Waals surface area contributed by atoms with Gasteiger partial charge in [-0.1, -0.05) is 45.9 Å². The van der Waals surface area contributed by atoms with E-state index in [1.165, 1.54) is 11.8 Å². The number of hydrogen-bond donors (Lipinski definition) is 1. The first-order chi connectivity index (χ1) is 11.5. The Morgan fingerprint density at radius 3 is 2.75 bits per heavy atom. The van der Waals surface area contributed by atoms with Crippen molar-refractivity contribution in [3.05, 3.63) is 51.8 Å². The highest BCUT2D eigenvalue weighted by atomic mass is 79.9. The fraction of sp³-hybridized carbons (Fsp3) is 0.235. The first kappa shape index (κ1) is 17.0. The Hall–Kier alpha value is -1.86. The minimum atomic E-state index is 0.0911. The van der Waals surface area contributed by atoms with Gasteiger partial charge in [0.25, 0.3) is 0 Å². The standard InChI is InChI=1S/C17H17BrN4OS/c1-10-8-13(11(2)22(10)3)15(23)9-24-17-19-16(20-21-17)12-6-4-5-7-14(12)18/h4-8H,9H2,1-3H3,(H,19,20,21). The summed E-state index contributed by atoms with van der Waals surface area (Å²) in [6.07, 6.45) is 0. The number of thioether (sulfide) groups is 1. The third-order valence-electron chi connectivity index (χ3n) is 4.00. The number of nitrogens with zero attached hydrogens (tertiary/aromatic N) is 3. The molecule has 0 aliphatic heterocycles. The third kappa shape index (κ3) is 3.32. The van der Waals surface area contributed by atoms with Crippen LogP contribution in [0, 0.1) is 13.8 Å². The topological polar surface area (TPSA) is 63.6 Å². The fourth-order valence-corrected chi connectivity index (χ4v) is 3.58. The molecule has 1 aromatic carbocycles. The molecule has 0 radical (unpaired) electrons. The van der Waals surface area contributed by atoms with Crippen molar-refractivity contribution in [1.29, 1.82) is 0 Å². The number of hydrogen-bond acceptors (Lipinski definition) is 4. The predicted octanol–water partition coefficient (Wildman–Crippen LogP) is 4.16. The smallest absolute Gasteiger partial charge is 0.209 e. The van der Waals surface area contributed by atoms with Gasteiger partial charge in [-0.15, -0.1) is 5.10 Å². The van der Waals surface area contributed by atoms with Crippen LogP contribution in [0.2, 0.25) is 0 Å². The number of halogens is 1. The van der Waals surface area contributed by atoms with Crippen molar-refractivity contribution in [2.45, 2.75) is 19.0 Å². The highest BCUT2D eigenvalue weighted by Crippen LogP contribution is 2.26. The minimum Gasteiger partial charge on any atom is -0.351 e. The summed E-state index contributed by atoms with van der Waals surface area (Å²) in [6, 6.07) is 9.74. The molecular weight excluding hydrogens is 388 g/mol. The van der Waals surface area contributed by atoms with E-state index in [0.29, 0.717) is 16.7 Å². The van der Waals surface area contributed by atoms with Gasteiger partial charge in [-0.05, 0) is 26.0 Å². The number of benzene rings is 1. The molecule has 0 unspecified atom stereocenters. The molecule has 2 heterocycles. The van der Waals surface area contributed by atoms with Crippen LogP contribution in [-0.2, 0) is 7.05 Å². The Kier molecular flexibility index (Phi) is 4.91. The van der Waals surface area contributed by atoms with Crippen LogP contribution in [0.3, 0.4) is 0 Å². The number of aromatic amines is 1. The van der Waals surface area contributed by atoms with Crippen LogP contribution in [0.1, 0.15) is 21.7 Å². The van der Waals surface area contributed by atoms with Crippen molar-refractivity contribution in [2.24, 2.45) is 7.05 Å². The molecule has 5 nitrogen and oxygen atoms in total. The number of carbonyl (C=O) groups is 1. The summed E-state index contributed by atoms with van der Waals surface area (Å²) in [5, 5.41) is 7.69. The fourth-order valence-electron chi connectivity index (χ4n) is 2.43. The first-order valence-electron chi connectivity index (χ1n) is 7.43. The lowest BCUT2D eigenvalue weighted by Crippen LogP contribution is -2.04. The molecule has 2 aromatic heterocycles. The molecule has 0 saturated carbocycles. The zero-order valence-electron chi connectivity index (χ0n) is 13.6. The van der Waals surface area contributed by atoms with Gasteiger partial charge in [0.2, 0.25) is 5.16 Å². The Labute approximate surface area is 153 Å². The molecule has 0 fully saturated rings. The summed E-state index contributed by atoms with van der Waals surface area (Å²) < 4.78 is 2.97. The molecular formula is C17H17BrN4OS. The lowest BCUT2D eigenvalue weighted by molar-refractivity contribution is 0.102. The molecule has 0 spiro atoms. The van der Waals surface area contributed by atoms with Gasteiger partial charge in [0.1, 0.15) is 0 Å². The van der Waals surface area contributed by atoms with E-state index in [2.05, 4.69) is 31.1 Å². The average molecular weight is 405 g/mol. The molecule has 0 bridgehead atoms. The number of ketones is 1. The summed E-state index contributed by atoms with van der Waals surface area (Å²) in [5.74, 6) is 1.09. The van der Waals surface area contributed by atoms with E-state index in [0.717, 1.165) is 27.0 Å². The molecule has 0 amide bonds. The van der Waals surface area contributed by atoms with Gasteiger partial charge < -0.3 is 4.57 Å². The van der Waals surface area contributed by atoms with Gasteiger partial charge in [-0.25, -0.2) is 4.98 Å². The van der Waals surface area contributed by atoms with Crippen LogP contribution in [0.25, 0.3) is 11.4 Å². The van der Waals surface area contributed by atoms with E-state index in [1.807, 2.05) is 55.8 Å². The molecule has 7 heteroatoms. The first-order valence-corrected chi connectivity index (χ1v) is 9.21. The van der Waals surface area contributed by atoms with Crippen molar-refractivity contribution in [1.82, 2.24) is 19.7 Å². The van der Waals surface area contributed by atoms with Gasteiger partial charge in [0, 0.05) is 34.0 Å². The maximum Gasteiger partial charge on any atom is 0.209 e. The Balaban J connectivity index is 1.71. The number of carbonyl (C=O) groups excluding carboxylic acids is 1. The van der Waals surface area contributed by atoms with Crippen molar-refractivity contribution in [3.8, 4) is 11.4 Å². The zero-order valence-corrected chi connectivity index (χ0v) is 16.0. The normalized spacial score (nSPS) is 11.0. The molecule has 124 valence electrons. The van der Waals surface area contributed by atoms with Gasteiger partial charge in [-0.2, -0.15) is 0 Å². The molecule has 0 aliphatic rings. The van der Waals surface area contributed by atoms with Gasteiger partial charge in [0.15, 0.2) is 11.6 Å². The Morgan fingerprint density at radius 1 is 1.33 bits per heavy atom. The van der Waals surface area contributed by atoms with E-state index in [4.69, 9.17) is 0 Å². The second kappa shape index (κ2) is 6.94. The van der Waals surface area contributed by atoms with Crippen molar-refractivity contribution < 1.29 is 4.79 Å². The number of rotatable bonds is 5. The number of H-pyrrole nitrogens is 1. The van der Waals surface area contributed by atoms with Crippen molar-refractivity contribution in [2.75, 3.05) is 5.75 Å². The number of nitrogens with one attached hydrogen (secondary N) is 1. The largest absolute Gasteiger partial charge is 0.351 e. The predicted molar refractivity (Wildman–Crippen MR) is 99.5 cm³/mol. The lowest BCUT2D eigenvalue weighted by Gasteiger charge is -2.01. The highest BCUT2D eigenvalue weighted by molar-refractivity contribution is 9.10. The van der Waals surface area contributed by atoms with E-state index in [9.17, 15) is 4.79 Å². The highest BCUT2D eigenvalue weighted by Gasteiger charge is 2.16. The second-order valence-corrected chi connectivity index (χ2v) is 7.30. The second-order valence-electron chi connectivity index (χ2n) is 5.50. The lowest BCUT2D eigenvalue weighted by atomic mass is 10.2. The van der Waals surface area contributed by atoms with Gasteiger partial charge in [-0.3, -0.25) is 9.89 Å². The molecule has 3 aromatic rings. The Morgan fingerprint density at radius 2 is 2.08 bits per heavy atom. The third-order valence-corrected chi connectivity index (χ3v) is 5.54. The average Bonchev–Trinajstić information content (AvgIpc) is 3.14. The van der Waals surface area contributed by atoms with Crippen molar-refractivity contribution >= 4 is 33.5 Å². The number of Topliss-reactive ketones (excluding diaryl/α,β-unsaturated/α-hetero) is 1. The van der Waals surface area contributed by atoms with Crippen LogP contribution in [0.4, 0.5) is 0 Å². The maximum absolute atomic E-state index is 12.4. The molecule has 0 saturated heterocycles. The van der Waals surface area contributed by atoms with Crippen LogP contribution in [-0.4, -0.2) is 31.3 Å². The zero-order chi connectivity index (χ0) is 17.3. The maximum atomic E-state index is 12.4. The van der Waals surface area contributed by atoms with Crippen molar-refractivity contribution in [3.63, 3.8) is 0 Å². The Bertz CT molecular complexity index is 900. The summed E-state index contributed by atoms with van der Waals surface area (Å²) in [6.45, 7) is 3.96. The molecule has 24 heavy (non-hydrogen) atoms. The summed E-state index contributed by atoms with van der Waals surface area (Å²) in [5.41, 5.74) is 3.78. The summed E-state index contributed by atoms with van der Waals surface area (Å²) in [7, 11) is 1.97. The van der Waals surface area contributed by atoms with E-state index < -0.39 is 0 Å². The molecule has 1 N–H and O–H groups in total. The number of aryl methyl sites for hydroxylation is 1. The SMILES string of the molecule is Cc1cc(C(=O)CSc2n[nH]c(-c3ccccc3Br)n2)c(C)n1C. The molecule has 0 aliphatic carbocycles. The van der Waals surface area contributed by atoms with Crippen LogP contribution in [0.15, 0.2) is 40.0 Å². The van der Waals surface area contributed by atoms with E-state index in [1.54, 1.807) is 0 Å². The van der Waals surface area contributed by atoms with Crippen LogP contribution < -0.4 is 0 Å². The molecule has 0 atom stereocenters. The molecule has 3 rings (SSSR count). The van der Waals surface area contributed by atoms with Gasteiger partial charge >= 0.3 is 0 Å². The number of aromatic nitrogens is 4. The van der Waals surface area contributed by atoms with Crippen LogP contribution >= 0.6 is 27.7 Å². The minimum absolute atomic E-state index is 0.0911. The monoisotopic (exact) mass is 404 g/mol. The van der Waals surface area contributed by atoms with E-state index in [-0.39, 0.29) is 5.78 Å².